The molecule has 0 radical (unpaired) electrons. The highest BCUT2D eigenvalue weighted by atomic mass is 79.9. The summed E-state index contributed by atoms with van der Waals surface area (Å²) in [6.07, 6.45) is 0. The van der Waals surface area contributed by atoms with E-state index in [-0.39, 0.29) is 17.5 Å². The Bertz CT molecular complexity index is 375. The van der Waals surface area contributed by atoms with Gasteiger partial charge in [-0.15, -0.1) is 0 Å². The summed E-state index contributed by atoms with van der Waals surface area (Å²) < 4.78 is 13.9. The monoisotopic (exact) mass is 288 g/mol. The van der Waals surface area contributed by atoms with E-state index in [1.165, 1.54) is 6.07 Å². The molecular weight excluding hydrogens is 275 g/mol. The van der Waals surface area contributed by atoms with Crippen LogP contribution in [0.3, 0.4) is 0 Å². The highest BCUT2D eigenvalue weighted by Gasteiger charge is 2.19. The zero-order valence-electron chi connectivity index (χ0n) is 9.13. The van der Waals surface area contributed by atoms with Gasteiger partial charge < -0.3 is 11.1 Å². The number of rotatable bonds is 3. The minimum absolute atomic E-state index is 0.00514. The minimum atomic E-state index is -0.647. The molecule has 1 rings (SSSR count). The quantitative estimate of drug-likeness (QED) is 0.898. The van der Waals surface area contributed by atoms with Crippen LogP contribution in [0.4, 0.5) is 10.1 Å². The van der Waals surface area contributed by atoms with Gasteiger partial charge in [0, 0.05) is 4.47 Å². The average Bonchev–Trinajstić information content (AvgIpc) is 2.22. The summed E-state index contributed by atoms with van der Waals surface area (Å²) in [6.45, 7) is 3.67. The van der Waals surface area contributed by atoms with E-state index in [9.17, 15) is 9.18 Å². The Morgan fingerprint density at radius 3 is 2.62 bits per heavy atom. The Labute approximate surface area is 102 Å². The fourth-order valence-electron chi connectivity index (χ4n) is 1.13. The zero-order chi connectivity index (χ0) is 12.3. The molecule has 0 unspecified atom stereocenters. The van der Waals surface area contributed by atoms with E-state index in [1.54, 1.807) is 12.1 Å². The second-order valence-corrected chi connectivity index (χ2v) is 4.71. The summed E-state index contributed by atoms with van der Waals surface area (Å²) in [7, 11) is 0. The van der Waals surface area contributed by atoms with Crippen LogP contribution < -0.4 is 11.1 Å². The molecule has 1 amide bonds. The van der Waals surface area contributed by atoms with Gasteiger partial charge in [-0.05, 0) is 34.0 Å². The fraction of sp³-hybridized carbons (Fsp3) is 0.364. The Morgan fingerprint density at radius 1 is 1.50 bits per heavy atom. The maximum Gasteiger partial charge on any atom is 0.241 e. The van der Waals surface area contributed by atoms with Gasteiger partial charge in [0.15, 0.2) is 0 Å². The van der Waals surface area contributed by atoms with Crippen molar-refractivity contribution < 1.29 is 9.18 Å². The standard InChI is InChI=1S/C11H14BrFN2O/c1-6(2)9(14)11(16)15-10-7(12)4-3-5-8(10)13/h3-6,9H,14H2,1-2H3,(H,15,16)/t9-/m0/s1. The van der Waals surface area contributed by atoms with Gasteiger partial charge in [-0.1, -0.05) is 19.9 Å². The van der Waals surface area contributed by atoms with Crippen molar-refractivity contribution in [2.24, 2.45) is 11.7 Å². The molecule has 0 aliphatic rings. The van der Waals surface area contributed by atoms with Gasteiger partial charge in [0.2, 0.25) is 5.91 Å². The molecule has 3 nitrogen and oxygen atoms in total. The van der Waals surface area contributed by atoms with Crippen LogP contribution in [0, 0.1) is 11.7 Å². The van der Waals surface area contributed by atoms with Gasteiger partial charge in [-0.2, -0.15) is 0 Å². The Morgan fingerprint density at radius 2 is 2.12 bits per heavy atom. The molecule has 1 aromatic rings. The lowest BCUT2D eigenvalue weighted by molar-refractivity contribution is -0.118. The van der Waals surface area contributed by atoms with E-state index < -0.39 is 11.9 Å². The van der Waals surface area contributed by atoms with Gasteiger partial charge in [0.1, 0.15) is 5.82 Å². The smallest absolute Gasteiger partial charge is 0.241 e. The normalized spacial score (nSPS) is 12.6. The minimum Gasteiger partial charge on any atom is -0.321 e. The summed E-state index contributed by atoms with van der Waals surface area (Å²) in [5, 5.41) is 2.47. The van der Waals surface area contributed by atoms with E-state index in [2.05, 4.69) is 21.2 Å². The van der Waals surface area contributed by atoms with E-state index >= 15 is 0 Å². The van der Waals surface area contributed by atoms with E-state index in [0.29, 0.717) is 4.47 Å². The highest BCUT2D eigenvalue weighted by Crippen LogP contribution is 2.25. The van der Waals surface area contributed by atoms with Crippen LogP contribution >= 0.6 is 15.9 Å². The number of halogens is 2. The van der Waals surface area contributed by atoms with Crippen molar-refractivity contribution in [1.82, 2.24) is 0 Å². The molecule has 1 aromatic carbocycles. The zero-order valence-corrected chi connectivity index (χ0v) is 10.7. The number of benzene rings is 1. The SMILES string of the molecule is CC(C)[C@H](N)C(=O)Nc1c(F)cccc1Br. The van der Waals surface area contributed by atoms with Crippen molar-refractivity contribution >= 4 is 27.5 Å². The number of para-hydroxylation sites is 1. The molecule has 0 aromatic heterocycles. The van der Waals surface area contributed by atoms with Crippen molar-refractivity contribution in [3.8, 4) is 0 Å². The van der Waals surface area contributed by atoms with Crippen LogP contribution in [0.25, 0.3) is 0 Å². The van der Waals surface area contributed by atoms with Crippen LogP contribution in [-0.4, -0.2) is 11.9 Å². The molecule has 1 atom stereocenters. The van der Waals surface area contributed by atoms with E-state index in [4.69, 9.17) is 5.73 Å². The molecule has 0 heterocycles. The van der Waals surface area contributed by atoms with Crippen LogP contribution in [0.2, 0.25) is 0 Å². The first kappa shape index (κ1) is 13.1. The molecule has 0 aliphatic carbocycles. The molecule has 0 saturated carbocycles. The molecule has 0 spiro atoms. The molecule has 3 N–H and O–H groups in total. The van der Waals surface area contributed by atoms with Crippen molar-refractivity contribution in [2.75, 3.05) is 5.32 Å². The molecule has 88 valence electrons. The first-order valence-corrected chi connectivity index (χ1v) is 5.73. The molecule has 16 heavy (non-hydrogen) atoms. The summed E-state index contributed by atoms with van der Waals surface area (Å²) in [4.78, 5) is 11.6. The number of anilines is 1. The van der Waals surface area contributed by atoms with Gasteiger partial charge in [0.05, 0.1) is 11.7 Å². The number of carbonyl (C=O) groups excluding carboxylic acids is 1. The molecule has 0 aliphatic heterocycles. The third-order valence-corrected chi connectivity index (χ3v) is 2.89. The predicted octanol–water partition coefficient (Wildman–Crippen LogP) is 2.51. The lowest BCUT2D eigenvalue weighted by atomic mass is 10.0. The first-order chi connectivity index (χ1) is 7.43. The van der Waals surface area contributed by atoms with Gasteiger partial charge in [0.25, 0.3) is 0 Å². The lowest BCUT2D eigenvalue weighted by Gasteiger charge is -2.16. The first-order valence-electron chi connectivity index (χ1n) is 4.94. The maximum atomic E-state index is 13.4. The Hall–Kier alpha value is -0.940. The lowest BCUT2D eigenvalue weighted by Crippen LogP contribution is -2.40. The van der Waals surface area contributed by atoms with Crippen LogP contribution in [0.5, 0.6) is 0 Å². The summed E-state index contributed by atoms with van der Waals surface area (Å²) in [6, 6.07) is 3.84. The fourth-order valence-corrected chi connectivity index (χ4v) is 1.57. The molecule has 0 fully saturated rings. The highest BCUT2D eigenvalue weighted by molar-refractivity contribution is 9.10. The van der Waals surface area contributed by atoms with Crippen molar-refractivity contribution in [2.45, 2.75) is 19.9 Å². The second kappa shape index (κ2) is 5.41. The van der Waals surface area contributed by atoms with Crippen molar-refractivity contribution in [3.63, 3.8) is 0 Å². The van der Waals surface area contributed by atoms with Crippen molar-refractivity contribution in [3.05, 3.63) is 28.5 Å². The number of hydrogen-bond donors (Lipinski definition) is 2. The predicted molar refractivity (Wildman–Crippen MR) is 65.5 cm³/mol. The number of nitrogens with one attached hydrogen (secondary N) is 1. The molecule has 5 heteroatoms. The largest absolute Gasteiger partial charge is 0.321 e. The Kier molecular flexibility index (Phi) is 4.44. The summed E-state index contributed by atoms with van der Waals surface area (Å²) >= 11 is 3.17. The third-order valence-electron chi connectivity index (χ3n) is 2.23. The van der Waals surface area contributed by atoms with Gasteiger partial charge >= 0.3 is 0 Å². The molecular formula is C11H14BrFN2O. The number of amides is 1. The van der Waals surface area contributed by atoms with Crippen molar-refractivity contribution in [1.29, 1.82) is 0 Å². The topological polar surface area (TPSA) is 55.1 Å². The van der Waals surface area contributed by atoms with Gasteiger partial charge in [-0.25, -0.2) is 4.39 Å². The second-order valence-electron chi connectivity index (χ2n) is 3.86. The Balaban J connectivity index is 2.85. The number of carbonyl (C=O) groups is 1. The maximum absolute atomic E-state index is 13.4. The average molecular weight is 289 g/mol. The van der Waals surface area contributed by atoms with Gasteiger partial charge in [-0.3, -0.25) is 4.79 Å². The van der Waals surface area contributed by atoms with E-state index in [0.717, 1.165) is 0 Å². The summed E-state index contributed by atoms with van der Waals surface area (Å²) in [5.74, 6) is -0.870. The third kappa shape index (κ3) is 3.02. The van der Waals surface area contributed by atoms with Crippen LogP contribution in [-0.2, 0) is 4.79 Å². The summed E-state index contributed by atoms with van der Waals surface area (Å²) in [5.41, 5.74) is 5.79. The number of hydrogen-bond acceptors (Lipinski definition) is 2. The molecule has 0 bridgehead atoms. The van der Waals surface area contributed by atoms with E-state index in [1.807, 2.05) is 13.8 Å². The van der Waals surface area contributed by atoms with Crippen LogP contribution in [0.15, 0.2) is 22.7 Å². The van der Waals surface area contributed by atoms with Crippen LogP contribution in [0.1, 0.15) is 13.8 Å². The number of nitrogens with two attached hydrogens (primary N) is 1. The molecule has 0 saturated heterocycles.